The van der Waals surface area contributed by atoms with Gasteiger partial charge >= 0.3 is 6.09 Å². The number of amides is 1. The molecule has 0 aliphatic heterocycles. The number of hydrogen-bond donors (Lipinski definition) is 2. The molecule has 8 nitrogen and oxygen atoms in total. The molecule has 3 aromatic carbocycles. The van der Waals surface area contributed by atoms with Crippen LogP contribution in [0.2, 0.25) is 0 Å². The quantitative estimate of drug-likeness (QED) is 0.541. The highest BCUT2D eigenvalue weighted by molar-refractivity contribution is 7.92. The maximum atomic E-state index is 12.7. The van der Waals surface area contributed by atoms with Crippen molar-refractivity contribution in [3.63, 3.8) is 0 Å². The Morgan fingerprint density at radius 2 is 1.61 bits per heavy atom. The summed E-state index contributed by atoms with van der Waals surface area (Å²) >= 11 is 0. The number of rotatable bonds is 8. The Balaban J connectivity index is 1.70. The van der Waals surface area contributed by atoms with Gasteiger partial charge in [0.15, 0.2) is 0 Å². The lowest BCUT2D eigenvalue weighted by Gasteiger charge is -2.13. The van der Waals surface area contributed by atoms with Crippen molar-refractivity contribution < 1.29 is 27.4 Å². The minimum absolute atomic E-state index is 0.0247. The van der Waals surface area contributed by atoms with Crippen molar-refractivity contribution in [3.05, 3.63) is 78.4 Å². The fraction of sp³-hybridized carbons (Fsp3) is 0.136. The van der Waals surface area contributed by atoms with Crippen molar-refractivity contribution >= 4 is 27.5 Å². The molecule has 3 rings (SSSR count). The van der Waals surface area contributed by atoms with E-state index in [4.69, 9.17) is 14.2 Å². The molecule has 0 aliphatic carbocycles. The Kier molecular flexibility index (Phi) is 6.99. The zero-order valence-electron chi connectivity index (χ0n) is 17.0. The van der Waals surface area contributed by atoms with Gasteiger partial charge in [-0.05, 0) is 42.0 Å². The summed E-state index contributed by atoms with van der Waals surface area (Å²) in [7, 11) is -0.967. The lowest BCUT2D eigenvalue weighted by molar-refractivity contribution is 0.155. The number of ether oxygens (including phenoxy) is 3. The molecule has 0 radical (unpaired) electrons. The van der Waals surface area contributed by atoms with Crippen LogP contribution < -0.4 is 19.5 Å². The van der Waals surface area contributed by atoms with E-state index in [1.807, 2.05) is 30.3 Å². The predicted molar refractivity (Wildman–Crippen MR) is 117 cm³/mol. The second-order valence-electron chi connectivity index (χ2n) is 6.38. The van der Waals surface area contributed by atoms with Crippen molar-refractivity contribution in [2.24, 2.45) is 0 Å². The third-order valence-electron chi connectivity index (χ3n) is 4.28. The Morgan fingerprint density at radius 1 is 0.903 bits per heavy atom. The Hall–Kier alpha value is -3.72. The van der Waals surface area contributed by atoms with Crippen LogP contribution in [0.15, 0.2) is 77.7 Å². The number of sulfonamides is 1. The smallest absolute Gasteiger partial charge is 0.412 e. The lowest BCUT2D eigenvalue weighted by atomic mass is 10.2. The van der Waals surface area contributed by atoms with E-state index in [0.717, 1.165) is 5.56 Å². The van der Waals surface area contributed by atoms with E-state index in [0.29, 0.717) is 11.4 Å². The van der Waals surface area contributed by atoms with Crippen LogP contribution in [0, 0.1) is 0 Å². The summed E-state index contributed by atoms with van der Waals surface area (Å²) in [4.78, 5) is 12.1. The standard InChI is InChI=1S/C22H22N2O6S/c1-28-18-10-8-17(9-11-18)24-31(26,27)19-12-13-20(21(14-19)29-2)23-22(25)30-15-16-6-4-3-5-7-16/h3-14,24H,15H2,1-2H3,(H,23,25). The van der Waals surface area contributed by atoms with Crippen molar-refractivity contribution in [2.75, 3.05) is 24.3 Å². The van der Waals surface area contributed by atoms with Crippen molar-refractivity contribution in [2.45, 2.75) is 11.5 Å². The van der Waals surface area contributed by atoms with Gasteiger partial charge in [0.25, 0.3) is 10.0 Å². The molecule has 0 saturated carbocycles. The average molecular weight is 442 g/mol. The number of hydrogen-bond acceptors (Lipinski definition) is 6. The molecule has 0 aromatic heterocycles. The van der Waals surface area contributed by atoms with E-state index in [2.05, 4.69) is 10.0 Å². The zero-order valence-corrected chi connectivity index (χ0v) is 17.8. The molecule has 0 atom stereocenters. The van der Waals surface area contributed by atoms with Gasteiger partial charge in [-0.15, -0.1) is 0 Å². The highest BCUT2D eigenvalue weighted by atomic mass is 32.2. The van der Waals surface area contributed by atoms with Gasteiger partial charge < -0.3 is 14.2 Å². The molecule has 0 saturated heterocycles. The van der Waals surface area contributed by atoms with Crippen molar-refractivity contribution in [1.29, 1.82) is 0 Å². The molecule has 0 unspecified atom stereocenters. The number of anilines is 2. The number of carbonyl (C=O) groups is 1. The first kappa shape index (κ1) is 22.0. The number of methoxy groups -OCH3 is 2. The largest absolute Gasteiger partial charge is 0.497 e. The molecular formula is C22H22N2O6S. The summed E-state index contributed by atoms with van der Waals surface area (Å²) in [5, 5.41) is 2.56. The maximum Gasteiger partial charge on any atom is 0.412 e. The van der Waals surface area contributed by atoms with Gasteiger partial charge in [-0.3, -0.25) is 10.0 Å². The maximum absolute atomic E-state index is 12.7. The molecule has 0 fully saturated rings. The Bertz CT molecular complexity index is 1130. The zero-order chi connectivity index (χ0) is 22.3. The predicted octanol–water partition coefficient (Wildman–Crippen LogP) is 4.25. The minimum Gasteiger partial charge on any atom is -0.497 e. The first-order chi connectivity index (χ1) is 14.9. The summed E-state index contributed by atoms with van der Waals surface area (Å²) in [5.74, 6) is 0.786. The van der Waals surface area contributed by atoms with Crippen LogP contribution in [-0.2, 0) is 21.4 Å². The molecule has 0 aliphatic rings. The third kappa shape index (κ3) is 5.89. The SMILES string of the molecule is COc1ccc(NS(=O)(=O)c2ccc(NC(=O)OCc3ccccc3)c(OC)c2)cc1. The second-order valence-corrected chi connectivity index (χ2v) is 8.07. The van der Waals surface area contributed by atoms with Crippen molar-refractivity contribution in [3.8, 4) is 11.5 Å². The molecule has 3 aromatic rings. The molecule has 9 heteroatoms. The van der Waals surface area contributed by atoms with Crippen molar-refractivity contribution in [1.82, 2.24) is 0 Å². The van der Waals surface area contributed by atoms with E-state index < -0.39 is 16.1 Å². The summed E-state index contributed by atoms with van der Waals surface area (Å²) in [6.45, 7) is 0.104. The van der Waals surface area contributed by atoms with E-state index >= 15 is 0 Å². The van der Waals surface area contributed by atoms with Gasteiger partial charge in [-0.25, -0.2) is 13.2 Å². The number of nitrogens with one attached hydrogen (secondary N) is 2. The molecule has 0 bridgehead atoms. The molecule has 31 heavy (non-hydrogen) atoms. The first-order valence-corrected chi connectivity index (χ1v) is 10.7. The normalized spacial score (nSPS) is 10.8. The Morgan fingerprint density at radius 3 is 2.26 bits per heavy atom. The monoisotopic (exact) mass is 442 g/mol. The summed E-state index contributed by atoms with van der Waals surface area (Å²) in [6, 6.07) is 19.8. The van der Waals surface area contributed by atoms with Gasteiger partial charge in [0.1, 0.15) is 18.1 Å². The van der Waals surface area contributed by atoms with Gasteiger partial charge in [0, 0.05) is 11.8 Å². The molecule has 162 valence electrons. The van der Waals surface area contributed by atoms with E-state index in [1.54, 1.807) is 24.3 Å². The third-order valence-corrected chi connectivity index (χ3v) is 5.65. The minimum atomic E-state index is -3.87. The Labute approximate surface area is 180 Å². The number of benzene rings is 3. The highest BCUT2D eigenvalue weighted by Crippen LogP contribution is 2.29. The van der Waals surface area contributed by atoms with Crippen LogP contribution in [0.1, 0.15) is 5.56 Å². The molecular weight excluding hydrogens is 420 g/mol. The highest BCUT2D eigenvalue weighted by Gasteiger charge is 2.18. The van der Waals surface area contributed by atoms with E-state index in [9.17, 15) is 13.2 Å². The molecule has 1 amide bonds. The second kappa shape index (κ2) is 9.86. The van der Waals surface area contributed by atoms with Crippen LogP contribution in [0.4, 0.5) is 16.2 Å². The fourth-order valence-corrected chi connectivity index (χ4v) is 3.76. The van der Waals surface area contributed by atoms with Gasteiger partial charge in [0.2, 0.25) is 0 Å². The van der Waals surface area contributed by atoms with E-state index in [-0.39, 0.29) is 22.9 Å². The topological polar surface area (TPSA) is 103 Å². The van der Waals surface area contributed by atoms with Crippen LogP contribution in [0.5, 0.6) is 11.5 Å². The van der Waals surface area contributed by atoms with Crippen LogP contribution in [0.25, 0.3) is 0 Å². The summed E-state index contributed by atoms with van der Waals surface area (Å²) < 4.78 is 43.4. The summed E-state index contributed by atoms with van der Waals surface area (Å²) in [6.07, 6.45) is -0.686. The lowest BCUT2D eigenvalue weighted by Crippen LogP contribution is -2.16. The first-order valence-electron chi connectivity index (χ1n) is 9.24. The number of carbonyl (C=O) groups excluding carboxylic acids is 1. The average Bonchev–Trinajstić information content (AvgIpc) is 2.79. The molecule has 0 spiro atoms. The molecule has 0 heterocycles. The summed E-state index contributed by atoms with van der Waals surface area (Å²) in [5.41, 5.74) is 1.51. The van der Waals surface area contributed by atoms with Gasteiger partial charge in [-0.1, -0.05) is 30.3 Å². The fourth-order valence-electron chi connectivity index (χ4n) is 2.68. The van der Waals surface area contributed by atoms with E-state index in [1.165, 1.54) is 32.4 Å². The van der Waals surface area contributed by atoms with Crippen LogP contribution >= 0.6 is 0 Å². The molecule has 2 N–H and O–H groups in total. The van der Waals surface area contributed by atoms with Gasteiger partial charge in [-0.2, -0.15) is 0 Å². The van der Waals surface area contributed by atoms with Crippen LogP contribution in [0.3, 0.4) is 0 Å². The van der Waals surface area contributed by atoms with Crippen LogP contribution in [-0.4, -0.2) is 28.7 Å². The van der Waals surface area contributed by atoms with Gasteiger partial charge in [0.05, 0.1) is 24.8 Å².